The summed E-state index contributed by atoms with van der Waals surface area (Å²) in [5, 5.41) is 22.2. The van der Waals surface area contributed by atoms with E-state index in [1.54, 1.807) is 33.4 Å². The van der Waals surface area contributed by atoms with Crippen molar-refractivity contribution in [3.8, 4) is 0 Å². The highest BCUT2D eigenvalue weighted by Crippen LogP contribution is 2.37. The fourth-order valence-electron chi connectivity index (χ4n) is 5.29. The summed E-state index contributed by atoms with van der Waals surface area (Å²) in [7, 11) is 0. The molecule has 12 heteroatoms. The zero-order chi connectivity index (χ0) is 27.5. The van der Waals surface area contributed by atoms with Crippen LogP contribution in [0.15, 0.2) is 46.1 Å². The molecule has 38 heavy (non-hydrogen) atoms. The second-order valence-electron chi connectivity index (χ2n) is 10.5. The van der Waals surface area contributed by atoms with Gasteiger partial charge in [0, 0.05) is 42.0 Å². The Morgan fingerprint density at radius 1 is 1.13 bits per heavy atom. The Morgan fingerprint density at radius 3 is 2.42 bits per heavy atom. The standard InChI is InChI=1S/C26H26ClN5O6/c1-26(2,3)30-13-17(24(34)35)23(33)16-11-22(32(37)38)21(12-20(16)30)29-8-6-15(7-9-29)31-19-5-4-14(27)10-18(19)28-25(31)36/h4-5,10-13,15H,6-9H2,1-3H3,(H,28,36)(H,34,35). The Kier molecular flexibility index (Phi) is 6.06. The van der Waals surface area contributed by atoms with Crippen molar-refractivity contribution < 1.29 is 14.8 Å². The third kappa shape index (κ3) is 4.22. The molecule has 0 saturated carbocycles. The maximum Gasteiger partial charge on any atom is 0.341 e. The zero-order valence-corrected chi connectivity index (χ0v) is 21.8. The number of anilines is 1. The molecule has 198 valence electrons. The summed E-state index contributed by atoms with van der Waals surface area (Å²) in [5.41, 5.74) is -0.152. The van der Waals surface area contributed by atoms with Gasteiger partial charge in [0.05, 0.1) is 26.9 Å². The number of nitro benzene ring substituents is 1. The third-order valence-corrected chi connectivity index (χ3v) is 7.33. The van der Waals surface area contributed by atoms with Gasteiger partial charge < -0.3 is 19.6 Å². The number of aromatic amines is 1. The molecule has 1 aliphatic rings. The molecule has 1 saturated heterocycles. The number of aromatic nitrogens is 3. The summed E-state index contributed by atoms with van der Waals surface area (Å²) < 4.78 is 3.38. The number of nitrogens with zero attached hydrogens (tertiary/aromatic N) is 4. The van der Waals surface area contributed by atoms with E-state index in [4.69, 9.17) is 11.6 Å². The minimum Gasteiger partial charge on any atom is -0.477 e. The summed E-state index contributed by atoms with van der Waals surface area (Å²) in [6, 6.07) is 7.90. The van der Waals surface area contributed by atoms with Crippen molar-refractivity contribution in [2.75, 3.05) is 18.0 Å². The number of hydrogen-bond acceptors (Lipinski definition) is 6. The van der Waals surface area contributed by atoms with Crippen LogP contribution in [0.25, 0.3) is 21.9 Å². The molecule has 0 aliphatic carbocycles. The summed E-state index contributed by atoms with van der Waals surface area (Å²) in [4.78, 5) is 53.7. The highest BCUT2D eigenvalue weighted by molar-refractivity contribution is 6.31. The fraction of sp³-hybridized carbons (Fsp3) is 0.346. The van der Waals surface area contributed by atoms with Gasteiger partial charge in [0.25, 0.3) is 5.69 Å². The monoisotopic (exact) mass is 539 g/mol. The van der Waals surface area contributed by atoms with Crippen LogP contribution in [0.4, 0.5) is 11.4 Å². The second kappa shape index (κ2) is 9.02. The molecule has 1 aliphatic heterocycles. The first-order valence-corrected chi connectivity index (χ1v) is 12.5. The first-order valence-electron chi connectivity index (χ1n) is 12.1. The Balaban J connectivity index is 1.57. The molecule has 0 amide bonds. The van der Waals surface area contributed by atoms with E-state index in [9.17, 15) is 29.6 Å². The number of carboxylic acid groups (broad SMARTS) is 1. The van der Waals surface area contributed by atoms with Gasteiger partial charge >= 0.3 is 11.7 Å². The summed E-state index contributed by atoms with van der Waals surface area (Å²) >= 11 is 6.06. The molecule has 0 atom stereocenters. The van der Waals surface area contributed by atoms with Gasteiger partial charge in [0.2, 0.25) is 5.43 Å². The number of hydrogen-bond donors (Lipinski definition) is 2. The van der Waals surface area contributed by atoms with Crippen molar-refractivity contribution in [1.29, 1.82) is 0 Å². The lowest BCUT2D eigenvalue weighted by Gasteiger charge is -2.34. The number of imidazole rings is 1. The molecule has 2 aromatic carbocycles. The lowest BCUT2D eigenvalue weighted by molar-refractivity contribution is -0.384. The van der Waals surface area contributed by atoms with Crippen LogP contribution in [0.2, 0.25) is 5.02 Å². The van der Waals surface area contributed by atoms with E-state index in [0.717, 1.165) is 5.52 Å². The molecule has 0 spiro atoms. The normalized spacial score (nSPS) is 14.9. The number of H-pyrrole nitrogens is 1. The molecular weight excluding hydrogens is 514 g/mol. The average molecular weight is 540 g/mol. The predicted octanol–water partition coefficient (Wildman–Crippen LogP) is 4.50. The number of nitrogens with one attached hydrogen (secondary N) is 1. The Hall–Kier alpha value is -4.12. The van der Waals surface area contributed by atoms with E-state index in [1.165, 1.54) is 12.3 Å². The highest BCUT2D eigenvalue weighted by Gasteiger charge is 2.30. The third-order valence-electron chi connectivity index (χ3n) is 7.10. The van der Waals surface area contributed by atoms with Crippen LogP contribution < -0.4 is 16.0 Å². The number of nitro groups is 1. The Bertz CT molecular complexity index is 1740. The number of fused-ring (bicyclic) bond motifs is 2. The molecule has 5 rings (SSSR count). The lowest BCUT2D eigenvalue weighted by Crippen LogP contribution is -2.37. The van der Waals surface area contributed by atoms with Gasteiger partial charge in [0.1, 0.15) is 11.3 Å². The van der Waals surface area contributed by atoms with E-state index in [0.29, 0.717) is 47.7 Å². The molecule has 0 unspecified atom stereocenters. The van der Waals surface area contributed by atoms with Crippen LogP contribution in [0, 0.1) is 10.1 Å². The van der Waals surface area contributed by atoms with Crippen molar-refractivity contribution in [3.63, 3.8) is 0 Å². The number of carboxylic acids is 1. The first-order chi connectivity index (χ1) is 17.9. The molecular formula is C26H26ClN5O6. The van der Waals surface area contributed by atoms with Crippen LogP contribution >= 0.6 is 11.6 Å². The van der Waals surface area contributed by atoms with Gasteiger partial charge in [-0.2, -0.15) is 0 Å². The van der Waals surface area contributed by atoms with Gasteiger partial charge in [-0.05, 0) is 57.9 Å². The smallest absolute Gasteiger partial charge is 0.341 e. The summed E-state index contributed by atoms with van der Waals surface area (Å²) in [6.07, 6.45) is 2.42. The highest BCUT2D eigenvalue weighted by atomic mass is 35.5. The number of carbonyl (C=O) groups is 1. The maximum atomic E-state index is 13.0. The van der Waals surface area contributed by atoms with E-state index in [2.05, 4.69) is 4.98 Å². The van der Waals surface area contributed by atoms with Crippen molar-refractivity contribution in [2.24, 2.45) is 0 Å². The topological polar surface area (TPSA) is 143 Å². The summed E-state index contributed by atoms with van der Waals surface area (Å²) in [5.74, 6) is -1.39. The lowest BCUT2D eigenvalue weighted by atomic mass is 10.0. The predicted molar refractivity (Wildman–Crippen MR) is 145 cm³/mol. The molecule has 4 aromatic rings. The minimum atomic E-state index is -1.39. The number of rotatable bonds is 4. The molecule has 2 N–H and O–H groups in total. The number of piperidine rings is 1. The molecule has 3 heterocycles. The van der Waals surface area contributed by atoms with E-state index in [1.807, 2.05) is 25.7 Å². The Morgan fingerprint density at radius 2 is 1.82 bits per heavy atom. The average Bonchev–Trinajstić information content (AvgIpc) is 3.17. The van der Waals surface area contributed by atoms with Gasteiger partial charge in [-0.15, -0.1) is 0 Å². The number of halogens is 1. The number of aromatic carboxylic acids is 1. The molecule has 0 bridgehead atoms. The van der Waals surface area contributed by atoms with Gasteiger partial charge in [0.15, 0.2) is 0 Å². The first kappa shape index (κ1) is 25.5. The SMILES string of the molecule is CC(C)(C)n1cc(C(=O)O)c(=O)c2cc([N+](=O)[O-])c(N3CCC(n4c(=O)[nH]c5cc(Cl)ccc54)CC3)cc21. The van der Waals surface area contributed by atoms with E-state index in [-0.39, 0.29) is 22.8 Å². The van der Waals surface area contributed by atoms with Crippen molar-refractivity contribution in [2.45, 2.75) is 45.2 Å². The number of benzene rings is 2. The zero-order valence-electron chi connectivity index (χ0n) is 21.0. The molecule has 0 radical (unpaired) electrons. The van der Waals surface area contributed by atoms with Crippen molar-refractivity contribution in [1.82, 2.24) is 14.1 Å². The van der Waals surface area contributed by atoms with Gasteiger partial charge in [-0.3, -0.25) is 19.5 Å². The summed E-state index contributed by atoms with van der Waals surface area (Å²) in [6.45, 7) is 6.47. The quantitative estimate of drug-likeness (QED) is 0.287. The maximum absolute atomic E-state index is 13.0. The molecule has 1 fully saturated rings. The van der Waals surface area contributed by atoms with Crippen LogP contribution in [0.1, 0.15) is 50.0 Å². The van der Waals surface area contributed by atoms with Crippen LogP contribution in [-0.2, 0) is 5.54 Å². The van der Waals surface area contributed by atoms with Crippen LogP contribution in [0.3, 0.4) is 0 Å². The van der Waals surface area contributed by atoms with E-state index < -0.39 is 27.4 Å². The van der Waals surface area contributed by atoms with Gasteiger partial charge in [-0.25, -0.2) is 9.59 Å². The van der Waals surface area contributed by atoms with Crippen LogP contribution in [-0.4, -0.2) is 43.2 Å². The minimum absolute atomic E-state index is 0.0193. The van der Waals surface area contributed by atoms with E-state index >= 15 is 0 Å². The largest absolute Gasteiger partial charge is 0.477 e. The van der Waals surface area contributed by atoms with Crippen molar-refractivity contribution in [3.05, 3.63) is 77.9 Å². The van der Waals surface area contributed by atoms with Crippen molar-refractivity contribution >= 4 is 50.9 Å². The second-order valence-corrected chi connectivity index (χ2v) is 10.9. The van der Waals surface area contributed by atoms with Crippen LogP contribution in [0.5, 0.6) is 0 Å². The fourth-order valence-corrected chi connectivity index (χ4v) is 5.46. The van der Waals surface area contributed by atoms with Gasteiger partial charge in [-0.1, -0.05) is 11.6 Å². The molecule has 11 nitrogen and oxygen atoms in total. The number of pyridine rings is 1. The Labute approximate surface area is 221 Å². The molecule has 2 aromatic heterocycles.